The minimum Gasteiger partial charge on any atom is -0.507 e. The number of Topliss-reactive ketones (excluding diaryl/α,β-unsaturated/α-hetero) is 1. The lowest BCUT2D eigenvalue weighted by atomic mass is 10.0. The maximum Gasteiger partial charge on any atom is 0.183 e. The van der Waals surface area contributed by atoms with Crippen LogP contribution in [0.1, 0.15) is 29.0 Å². The number of aromatic nitrogens is 2. The molecule has 0 bridgehead atoms. The van der Waals surface area contributed by atoms with Crippen molar-refractivity contribution in [3.05, 3.63) is 35.7 Å². The van der Waals surface area contributed by atoms with Gasteiger partial charge in [-0.15, -0.1) is 0 Å². The zero-order chi connectivity index (χ0) is 12.7. The van der Waals surface area contributed by atoms with Gasteiger partial charge in [-0.1, -0.05) is 12.1 Å². The number of rotatable bonds is 1. The molecule has 18 heavy (non-hydrogen) atoms. The summed E-state index contributed by atoms with van der Waals surface area (Å²) in [5.41, 5.74) is 1.27. The summed E-state index contributed by atoms with van der Waals surface area (Å²) in [7, 11) is 0. The molecule has 0 atom stereocenters. The highest BCUT2D eigenvalue weighted by atomic mass is 16.5. The fraction of sp³-hybridized carbons (Fsp3) is 0.231. The molecule has 0 amide bonds. The summed E-state index contributed by atoms with van der Waals surface area (Å²) in [5.74, 6) is 0.191. The number of fused-ring (bicyclic) bond motifs is 1. The molecule has 0 spiro atoms. The standard InChI is InChI=1S/C13H12N2O3/c16-10-6-2-1-4-8(10)13-14-12-9(15(13)18)5-3-7-11(12)17/h1-2,4,6,16,18H,3,5,7H2. The van der Waals surface area contributed by atoms with Gasteiger partial charge < -0.3 is 10.3 Å². The van der Waals surface area contributed by atoms with Gasteiger partial charge in [-0.2, -0.15) is 4.73 Å². The zero-order valence-electron chi connectivity index (χ0n) is 9.63. The topological polar surface area (TPSA) is 75.3 Å². The van der Waals surface area contributed by atoms with Crippen molar-refractivity contribution in [3.8, 4) is 17.1 Å². The minimum absolute atomic E-state index is 0.0302. The smallest absolute Gasteiger partial charge is 0.183 e. The van der Waals surface area contributed by atoms with Gasteiger partial charge in [0.25, 0.3) is 0 Å². The Kier molecular flexibility index (Phi) is 2.33. The van der Waals surface area contributed by atoms with Gasteiger partial charge in [-0.05, 0) is 25.0 Å². The summed E-state index contributed by atoms with van der Waals surface area (Å²) in [6.45, 7) is 0. The van der Waals surface area contributed by atoms with Crippen molar-refractivity contribution in [1.29, 1.82) is 0 Å². The quantitative estimate of drug-likeness (QED) is 0.752. The van der Waals surface area contributed by atoms with Crippen molar-refractivity contribution >= 4 is 5.78 Å². The number of imidazole rings is 1. The number of aromatic hydroxyl groups is 1. The summed E-state index contributed by atoms with van der Waals surface area (Å²) < 4.78 is 0.918. The lowest BCUT2D eigenvalue weighted by Crippen LogP contribution is -2.12. The van der Waals surface area contributed by atoms with Crippen LogP contribution >= 0.6 is 0 Å². The van der Waals surface area contributed by atoms with Crippen LogP contribution < -0.4 is 0 Å². The van der Waals surface area contributed by atoms with E-state index >= 15 is 0 Å². The Morgan fingerprint density at radius 3 is 2.72 bits per heavy atom. The molecule has 1 aromatic heterocycles. The average molecular weight is 244 g/mol. The van der Waals surface area contributed by atoms with Crippen LogP contribution in [-0.2, 0) is 6.42 Å². The number of phenolic OH excluding ortho intramolecular Hbond substituents is 1. The van der Waals surface area contributed by atoms with Crippen molar-refractivity contribution in [3.63, 3.8) is 0 Å². The van der Waals surface area contributed by atoms with E-state index in [-0.39, 0.29) is 17.4 Å². The Balaban J connectivity index is 2.20. The van der Waals surface area contributed by atoms with Crippen LogP contribution in [0.4, 0.5) is 0 Å². The van der Waals surface area contributed by atoms with Crippen LogP contribution in [0.5, 0.6) is 5.75 Å². The zero-order valence-corrected chi connectivity index (χ0v) is 9.63. The van der Waals surface area contributed by atoms with E-state index in [1.165, 1.54) is 6.07 Å². The Bertz CT molecular complexity index is 631. The van der Waals surface area contributed by atoms with Crippen LogP contribution in [0, 0.1) is 0 Å². The number of hydrogen-bond acceptors (Lipinski definition) is 4. The molecule has 0 fully saturated rings. The lowest BCUT2D eigenvalue weighted by Gasteiger charge is -2.09. The molecule has 2 aromatic rings. The Hall–Kier alpha value is -2.30. The SMILES string of the molecule is O=C1CCCc2c1nc(-c1ccccc1O)n2O. The first-order valence-electron chi connectivity index (χ1n) is 5.81. The van der Waals surface area contributed by atoms with E-state index in [9.17, 15) is 15.1 Å². The molecule has 0 aliphatic heterocycles. The van der Waals surface area contributed by atoms with Crippen LogP contribution in [0.15, 0.2) is 24.3 Å². The van der Waals surface area contributed by atoms with Gasteiger partial charge in [0.15, 0.2) is 11.6 Å². The fourth-order valence-electron chi connectivity index (χ4n) is 2.27. The summed E-state index contributed by atoms with van der Waals surface area (Å²) in [6.07, 6.45) is 1.81. The van der Waals surface area contributed by atoms with Crippen LogP contribution in [0.2, 0.25) is 0 Å². The highest BCUT2D eigenvalue weighted by Gasteiger charge is 2.27. The normalized spacial score (nSPS) is 14.6. The summed E-state index contributed by atoms with van der Waals surface area (Å²) in [6, 6.07) is 6.60. The van der Waals surface area contributed by atoms with E-state index in [0.717, 1.165) is 11.2 Å². The van der Waals surface area contributed by atoms with E-state index in [2.05, 4.69) is 4.98 Å². The average Bonchev–Trinajstić information content (AvgIpc) is 2.70. The number of carbonyl (C=O) groups is 1. The summed E-state index contributed by atoms with van der Waals surface area (Å²) in [4.78, 5) is 15.9. The Morgan fingerprint density at radius 2 is 2.00 bits per heavy atom. The molecule has 0 unspecified atom stereocenters. The van der Waals surface area contributed by atoms with Crippen molar-refractivity contribution < 1.29 is 15.1 Å². The van der Waals surface area contributed by atoms with Crippen molar-refractivity contribution in [2.45, 2.75) is 19.3 Å². The number of ketones is 1. The third-order valence-corrected chi connectivity index (χ3v) is 3.17. The number of benzene rings is 1. The lowest BCUT2D eigenvalue weighted by molar-refractivity contribution is 0.0960. The first-order chi connectivity index (χ1) is 8.68. The maximum absolute atomic E-state index is 11.7. The fourth-order valence-corrected chi connectivity index (χ4v) is 2.27. The molecule has 1 aliphatic carbocycles. The van der Waals surface area contributed by atoms with Crippen molar-refractivity contribution in [2.75, 3.05) is 0 Å². The van der Waals surface area contributed by atoms with E-state index in [4.69, 9.17) is 0 Å². The second kappa shape index (κ2) is 3.87. The summed E-state index contributed by atoms with van der Waals surface area (Å²) in [5, 5.41) is 19.8. The molecule has 92 valence electrons. The minimum atomic E-state index is -0.0549. The molecule has 0 radical (unpaired) electrons. The van der Waals surface area contributed by atoms with Gasteiger partial charge in [-0.25, -0.2) is 4.98 Å². The number of para-hydroxylation sites is 1. The van der Waals surface area contributed by atoms with Crippen LogP contribution in [0.3, 0.4) is 0 Å². The maximum atomic E-state index is 11.7. The van der Waals surface area contributed by atoms with E-state index in [1.807, 2.05) is 0 Å². The molecule has 2 N–H and O–H groups in total. The van der Waals surface area contributed by atoms with Gasteiger partial charge in [0, 0.05) is 6.42 Å². The van der Waals surface area contributed by atoms with Crippen LogP contribution in [0.25, 0.3) is 11.4 Å². The molecular formula is C13H12N2O3. The number of hydrogen-bond donors (Lipinski definition) is 2. The predicted octanol–water partition coefficient (Wildman–Crippen LogP) is 2.01. The molecule has 0 saturated heterocycles. The van der Waals surface area contributed by atoms with Crippen molar-refractivity contribution in [2.24, 2.45) is 0 Å². The largest absolute Gasteiger partial charge is 0.507 e. The summed E-state index contributed by atoms with van der Waals surface area (Å²) >= 11 is 0. The van der Waals surface area contributed by atoms with Gasteiger partial charge in [0.2, 0.25) is 0 Å². The predicted molar refractivity (Wildman–Crippen MR) is 63.8 cm³/mol. The molecule has 1 aliphatic rings. The van der Waals surface area contributed by atoms with E-state index in [0.29, 0.717) is 29.8 Å². The van der Waals surface area contributed by atoms with Crippen molar-refractivity contribution in [1.82, 2.24) is 9.71 Å². The monoisotopic (exact) mass is 244 g/mol. The number of carbonyl (C=O) groups excluding carboxylic acids is 1. The highest BCUT2D eigenvalue weighted by molar-refractivity contribution is 5.97. The van der Waals surface area contributed by atoms with Gasteiger partial charge in [0.05, 0.1) is 11.3 Å². The molecular weight excluding hydrogens is 232 g/mol. The third kappa shape index (κ3) is 1.48. The first kappa shape index (κ1) is 10.8. The third-order valence-electron chi connectivity index (χ3n) is 3.17. The van der Waals surface area contributed by atoms with Crippen LogP contribution in [-0.4, -0.2) is 25.8 Å². The number of phenols is 1. The molecule has 3 rings (SSSR count). The molecule has 1 aromatic carbocycles. The molecule has 0 saturated carbocycles. The van der Waals surface area contributed by atoms with E-state index in [1.54, 1.807) is 18.2 Å². The highest BCUT2D eigenvalue weighted by Crippen LogP contribution is 2.31. The van der Waals surface area contributed by atoms with Gasteiger partial charge in [0.1, 0.15) is 11.4 Å². The first-order valence-corrected chi connectivity index (χ1v) is 5.81. The second-order valence-electron chi connectivity index (χ2n) is 4.34. The Labute approximate surface area is 103 Å². The Morgan fingerprint density at radius 1 is 1.22 bits per heavy atom. The molecule has 1 heterocycles. The van der Waals surface area contributed by atoms with E-state index < -0.39 is 0 Å². The van der Waals surface area contributed by atoms with Gasteiger partial charge >= 0.3 is 0 Å². The second-order valence-corrected chi connectivity index (χ2v) is 4.34. The number of nitrogens with zero attached hydrogens (tertiary/aromatic N) is 2. The van der Waals surface area contributed by atoms with Gasteiger partial charge in [-0.3, -0.25) is 4.79 Å². The molecule has 5 heteroatoms. The molecule has 5 nitrogen and oxygen atoms in total.